The molecule has 1 fully saturated rings. The Labute approximate surface area is 83.2 Å². The molecule has 4 nitrogen and oxygen atoms in total. The molecule has 0 aliphatic carbocycles. The quantitative estimate of drug-likeness (QED) is 0.750. The van der Waals surface area contributed by atoms with Crippen molar-refractivity contribution in [2.75, 3.05) is 18.8 Å². The van der Waals surface area contributed by atoms with Gasteiger partial charge in [0.25, 0.3) is 0 Å². The van der Waals surface area contributed by atoms with Gasteiger partial charge in [0.1, 0.15) is 11.0 Å². The smallest absolute Gasteiger partial charge is 0.161 e. The summed E-state index contributed by atoms with van der Waals surface area (Å²) in [6.45, 7) is 1.27. The normalized spacial score (nSPS) is 27.0. The molecule has 0 radical (unpaired) electrons. The Kier molecular flexibility index (Phi) is 2.60. The number of hydrogen-bond donors (Lipinski definition) is 1. The lowest BCUT2D eigenvalue weighted by Gasteiger charge is -2.10. The van der Waals surface area contributed by atoms with Crippen molar-refractivity contribution in [3.63, 3.8) is 0 Å². The van der Waals surface area contributed by atoms with Crippen molar-refractivity contribution < 1.29 is 12.8 Å². The Bertz CT molecular complexity index is 382. The minimum atomic E-state index is -3.04. The van der Waals surface area contributed by atoms with Gasteiger partial charge in [-0.05, 0) is 25.1 Å². The maximum atomic E-state index is 11.8. The number of rotatable bonds is 1. The Balaban J connectivity index is 2.32. The maximum absolute atomic E-state index is 11.8. The molecule has 0 saturated carbocycles. The maximum Gasteiger partial charge on any atom is 0.161 e. The summed E-state index contributed by atoms with van der Waals surface area (Å²) in [6.07, 6.45) is 2.11. The highest BCUT2D eigenvalue weighted by molar-refractivity contribution is 7.91. The van der Waals surface area contributed by atoms with Crippen LogP contribution in [0.5, 0.6) is 0 Å². The molecule has 0 aromatic carbocycles. The Morgan fingerprint density at radius 1 is 1.43 bits per heavy atom. The number of furan rings is 1. The van der Waals surface area contributed by atoms with E-state index in [1.54, 1.807) is 12.1 Å². The lowest BCUT2D eigenvalue weighted by Crippen LogP contribution is -2.19. The zero-order valence-corrected chi connectivity index (χ0v) is 8.59. The van der Waals surface area contributed by atoms with E-state index in [1.165, 1.54) is 6.26 Å². The van der Waals surface area contributed by atoms with Gasteiger partial charge in [-0.2, -0.15) is 0 Å². The van der Waals surface area contributed by atoms with Crippen molar-refractivity contribution in [1.29, 1.82) is 0 Å². The molecule has 1 unspecified atom stereocenters. The largest absolute Gasteiger partial charge is 0.468 e. The first-order chi connectivity index (χ1) is 6.70. The molecule has 2 rings (SSSR count). The summed E-state index contributed by atoms with van der Waals surface area (Å²) in [4.78, 5) is 0. The number of nitrogens with one attached hydrogen (secondary N) is 1. The Morgan fingerprint density at radius 2 is 2.29 bits per heavy atom. The van der Waals surface area contributed by atoms with E-state index in [4.69, 9.17) is 4.42 Å². The van der Waals surface area contributed by atoms with Crippen LogP contribution >= 0.6 is 0 Å². The third-order valence-electron chi connectivity index (χ3n) is 2.44. The molecule has 2 heterocycles. The van der Waals surface area contributed by atoms with Crippen LogP contribution in [0.15, 0.2) is 22.8 Å². The summed E-state index contributed by atoms with van der Waals surface area (Å²) in [6, 6.07) is 3.46. The molecule has 0 bridgehead atoms. The minimum absolute atomic E-state index is 0.193. The van der Waals surface area contributed by atoms with Crippen LogP contribution in [0, 0.1) is 0 Å². The molecular formula is C9H13NO3S. The summed E-state index contributed by atoms with van der Waals surface area (Å²) in [5.74, 6) is 0.756. The summed E-state index contributed by atoms with van der Waals surface area (Å²) < 4.78 is 28.8. The van der Waals surface area contributed by atoms with Crippen LogP contribution in [0.25, 0.3) is 0 Å². The van der Waals surface area contributed by atoms with Gasteiger partial charge in [0.2, 0.25) is 0 Å². The van der Waals surface area contributed by atoms with Crippen molar-refractivity contribution >= 4 is 9.84 Å². The predicted octanol–water partition coefficient (Wildman–Crippen LogP) is 0.729. The molecule has 78 valence electrons. The fourth-order valence-electron chi connectivity index (χ4n) is 1.69. The zero-order chi connectivity index (χ0) is 10.0. The van der Waals surface area contributed by atoms with Gasteiger partial charge in [0, 0.05) is 6.54 Å². The van der Waals surface area contributed by atoms with Crippen molar-refractivity contribution in [2.45, 2.75) is 11.7 Å². The van der Waals surface area contributed by atoms with Gasteiger partial charge in [-0.25, -0.2) is 8.42 Å². The molecule has 1 aromatic rings. The second-order valence-corrected chi connectivity index (χ2v) is 5.71. The van der Waals surface area contributed by atoms with E-state index in [0.29, 0.717) is 18.7 Å². The van der Waals surface area contributed by atoms with Crippen LogP contribution in [0.1, 0.15) is 17.4 Å². The average molecular weight is 215 g/mol. The standard InChI is InChI=1S/C9H13NO3S/c11-14(12)7-5-10-4-3-9(14)8-2-1-6-13-8/h1-2,6,9-10H,3-5,7H2. The molecule has 1 aliphatic rings. The van der Waals surface area contributed by atoms with Crippen molar-refractivity contribution in [3.05, 3.63) is 24.2 Å². The van der Waals surface area contributed by atoms with E-state index in [1.807, 2.05) is 0 Å². The fourth-order valence-corrected chi connectivity index (χ4v) is 3.37. The third kappa shape index (κ3) is 1.83. The van der Waals surface area contributed by atoms with Crippen LogP contribution in [-0.4, -0.2) is 27.3 Å². The first-order valence-electron chi connectivity index (χ1n) is 4.66. The third-order valence-corrected chi connectivity index (χ3v) is 4.55. The lowest BCUT2D eigenvalue weighted by atomic mass is 10.2. The van der Waals surface area contributed by atoms with Crippen LogP contribution < -0.4 is 5.32 Å². The highest BCUT2D eigenvalue weighted by Gasteiger charge is 2.30. The highest BCUT2D eigenvalue weighted by atomic mass is 32.2. The van der Waals surface area contributed by atoms with Gasteiger partial charge in [0.15, 0.2) is 9.84 Å². The summed E-state index contributed by atoms with van der Waals surface area (Å²) >= 11 is 0. The fraction of sp³-hybridized carbons (Fsp3) is 0.556. The van der Waals surface area contributed by atoms with E-state index in [-0.39, 0.29) is 5.75 Å². The molecule has 0 spiro atoms. The van der Waals surface area contributed by atoms with E-state index in [2.05, 4.69) is 5.32 Å². The Hall–Kier alpha value is -0.810. The van der Waals surface area contributed by atoms with E-state index in [0.717, 1.165) is 6.54 Å². The monoisotopic (exact) mass is 215 g/mol. The van der Waals surface area contributed by atoms with Crippen molar-refractivity contribution in [2.24, 2.45) is 0 Å². The second-order valence-electron chi connectivity index (χ2n) is 3.41. The molecule has 0 amide bonds. The average Bonchev–Trinajstić information content (AvgIpc) is 2.57. The molecule has 1 aliphatic heterocycles. The topological polar surface area (TPSA) is 59.3 Å². The number of hydrogen-bond acceptors (Lipinski definition) is 4. The van der Waals surface area contributed by atoms with Crippen LogP contribution in [0.2, 0.25) is 0 Å². The molecule has 14 heavy (non-hydrogen) atoms. The lowest BCUT2D eigenvalue weighted by molar-refractivity contribution is 0.482. The SMILES string of the molecule is O=S1(=O)CCNCCC1c1ccco1. The Morgan fingerprint density at radius 3 is 3.00 bits per heavy atom. The predicted molar refractivity (Wildman–Crippen MR) is 52.7 cm³/mol. The second kappa shape index (κ2) is 3.74. The van der Waals surface area contributed by atoms with Gasteiger partial charge in [-0.3, -0.25) is 0 Å². The molecule has 1 atom stereocenters. The van der Waals surface area contributed by atoms with Gasteiger partial charge in [0.05, 0.1) is 12.0 Å². The van der Waals surface area contributed by atoms with Crippen LogP contribution in [0.4, 0.5) is 0 Å². The van der Waals surface area contributed by atoms with E-state index < -0.39 is 15.1 Å². The minimum Gasteiger partial charge on any atom is -0.468 e. The van der Waals surface area contributed by atoms with Gasteiger partial charge in [-0.15, -0.1) is 0 Å². The molecule has 5 heteroatoms. The zero-order valence-electron chi connectivity index (χ0n) is 7.77. The van der Waals surface area contributed by atoms with Crippen molar-refractivity contribution in [1.82, 2.24) is 5.32 Å². The summed E-state index contributed by atoms with van der Waals surface area (Å²) in [7, 11) is -3.04. The van der Waals surface area contributed by atoms with E-state index >= 15 is 0 Å². The van der Waals surface area contributed by atoms with Crippen LogP contribution in [-0.2, 0) is 9.84 Å². The summed E-state index contributed by atoms with van der Waals surface area (Å²) in [5.41, 5.74) is 0. The molecule has 1 saturated heterocycles. The van der Waals surface area contributed by atoms with Gasteiger partial charge >= 0.3 is 0 Å². The molecular weight excluding hydrogens is 202 g/mol. The molecule has 1 aromatic heterocycles. The van der Waals surface area contributed by atoms with E-state index in [9.17, 15) is 8.42 Å². The first kappa shape index (κ1) is 9.73. The van der Waals surface area contributed by atoms with Gasteiger partial charge in [-0.1, -0.05) is 0 Å². The first-order valence-corrected chi connectivity index (χ1v) is 6.37. The number of sulfone groups is 1. The summed E-state index contributed by atoms with van der Waals surface area (Å²) in [5, 5.41) is 2.61. The molecule has 1 N–H and O–H groups in total. The van der Waals surface area contributed by atoms with Gasteiger partial charge < -0.3 is 9.73 Å². The highest BCUT2D eigenvalue weighted by Crippen LogP contribution is 2.27. The van der Waals surface area contributed by atoms with Crippen LogP contribution in [0.3, 0.4) is 0 Å². The van der Waals surface area contributed by atoms with Crippen molar-refractivity contribution in [3.8, 4) is 0 Å².